The van der Waals surface area contributed by atoms with Crippen LogP contribution in [0.5, 0.6) is 0 Å². The molecule has 68 valence electrons. The van der Waals surface area contributed by atoms with Crippen molar-refractivity contribution in [2.45, 2.75) is 19.4 Å². The number of carbonyl (C=O) groups is 2. The highest BCUT2D eigenvalue weighted by Crippen LogP contribution is 2.11. The minimum atomic E-state index is -1.08. The van der Waals surface area contributed by atoms with Gasteiger partial charge in [-0.25, -0.2) is 9.59 Å². The molecule has 0 saturated carbocycles. The van der Waals surface area contributed by atoms with Gasteiger partial charge < -0.3 is 14.7 Å². The lowest BCUT2D eigenvalue weighted by Crippen LogP contribution is -2.28. The van der Waals surface area contributed by atoms with Gasteiger partial charge in [-0.1, -0.05) is 6.92 Å². The summed E-state index contributed by atoms with van der Waals surface area (Å²) in [6.07, 6.45) is -0.699. The third-order valence-electron chi connectivity index (χ3n) is 1.66. The first-order chi connectivity index (χ1) is 5.65. The monoisotopic (exact) mass is 173 g/mol. The molecule has 1 atom stereocenters. The fraction of sp³-hybridized carbons (Fsp3) is 0.714. The standard InChI is InChI=1S/C7H11NO4/c1-2-3-8-4-5(6(9)10)12-7(8)11/h5H,2-4H2,1H3,(H,9,10). The summed E-state index contributed by atoms with van der Waals surface area (Å²) in [5.74, 6) is -1.08. The normalized spacial score (nSPS) is 22.6. The second kappa shape index (κ2) is 3.42. The molecular weight excluding hydrogens is 162 g/mol. The molecule has 0 radical (unpaired) electrons. The lowest BCUT2D eigenvalue weighted by molar-refractivity contribution is -0.144. The van der Waals surface area contributed by atoms with E-state index in [0.717, 1.165) is 6.42 Å². The number of hydrogen-bond acceptors (Lipinski definition) is 3. The minimum Gasteiger partial charge on any atom is -0.478 e. The molecule has 1 saturated heterocycles. The van der Waals surface area contributed by atoms with Gasteiger partial charge in [0.05, 0.1) is 6.54 Å². The molecule has 0 aromatic heterocycles. The topological polar surface area (TPSA) is 66.8 Å². The van der Waals surface area contributed by atoms with E-state index in [1.807, 2.05) is 6.92 Å². The first-order valence-corrected chi connectivity index (χ1v) is 3.83. The number of ether oxygens (including phenoxy) is 1. The van der Waals surface area contributed by atoms with Gasteiger partial charge >= 0.3 is 12.1 Å². The Bertz CT molecular complexity index is 204. The van der Waals surface area contributed by atoms with Crippen LogP contribution >= 0.6 is 0 Å². The van der Waals surface area contributed by atoms with E-state index < -0.39 is 18.2 Å². The summed E-state index contributed by atoms with van der Waals surface area (Å²) < 4.78 is 4.58. The molecule has 1 aliphatic rings. The number of hydrogen-bond donors (Lipinski definition) is 1. The summed E-state index contributed by atoms with van der Waals surface area (Å²) in [5.41, 5.74) is 0. The maximum Gasteiger partial charge on any atom is 0.410 e. The summed E-state index contributed by atoms with van der Waals surface area (Å²) in [6, 6.07) is 0. The predicted octanol–water partition coefficient (Wildman–Crippen LogP) is 0.302. The van der Waals surface area contributed by atoms with Crippen LogP contribution in [0.1, 0.15) is 13.3 Å². The quantitative estimate of drug-likeness (QED) is 0.666. The Morgan fingerprint density at radius 2 is 2.50 bits per heavy atom. The Kier molecular flexibility index (Phi) is 2.52. The van der Waals surface area contributed by atoms with Crippen molar-refractivity contribution < 1.29 is 19.4 Å². The Morgan fingerprint density at radius 3 is 2.92 bits per heavy atom. The van der Waals surface area contributed by atoms with Crippen LogP contribution < -0.4 is 0 Å². The first kappa shape index (κ1) is 8.83. The van der Waals surface area contributed by atoms with E-state index >= 15 is 0 Å². The fourth-order valence-corrected chi connectivity index (χ4v) is 1.09. The molecule has 5 heteroatoms. The molecule has 1 unspecified atom stereocenters. The summed E-state index contributed by atoms with van der Waals surface area (Å²) >= 11 is 0. The van der Waals surface area contributed by atoms with E-state index in [9.17, 15) is 9.59 Å². The van der Waals surface area contributed by atoms with Gasteiger partial charge in [-0.3, -0.25) is 0 Å². The molecule has 0 spiro atoms. The van der Waals surface area contributed by atoms with E-state index in [0.29, 0.717) is 6.54 Å². The van der Waals surface area contributed by atoms with E-state index in [1.54, 1.807) is 0 Å². The average Bonchev–Trinajstić information content (AvgIpc) is 2.34. The number of rotatable bonds is 3. The average molecular weight is 173 g/mol. The van der Waals surface area contributed by atoms with Gasteiger partial charge in [0.25, 0.3) is 0 Å². The number of amides is 1. The molecule has 5 nitrogen and oxygen atoms in total. The van der Waals surface area contributed by atoms with E-state index in [4.69, 9.17) is 5.11 Å². The predicted molar refractivity (Wildman–Crippen MR) is 39.8 cm³/mol. The van der Waals surface area contributed by atoms with Crippen LogP contribution in [0.15, 0.2) is 0 Å². The molecule has 0 aromatic rings. The van der Waals surface area contributed by atoms with Crippen molar-refractivity contribution in [2.75, 3.05) is 13.1 Å². The Labute approximate surface area is 69.9 Å². The molecule has 1 heterocycles. The highest BCUT2D eigenvalue weighted by atomic mass is 16.6. The maximum atomic E-state index is 10.9. The third kappa shape index (κ3) is 1.66. The number of aliphatic carboxylic acids is 1. The van der Waals surface area contributed by atoms with E-state index in [1.165, 1.54) is 4.90 Å². The van der Waals surface area contributed by atoms with Crippen molar-refractivity contribution in [1.29, 1.82) is 0 Å². The number of carbonyl (C=O) groups excluding carboxylic acids is 1. The van der Waals surface area contributed by atoms with Crippen LogP contribution in [0.2, 0.25) is 0 Å². The van der Waals surface area contributed by atoms with Crippen LogP contribution in [0.3, 0.4) is 0 Å². The SMILES string of the molecule is CCCN1CC(C(=O)O)OC1=O. The van der Waals surface area contributed by atoms with Gasteiger partial charge in [-0.05, 0) is 6.42 Å². The number of cyclic esters (lactones) is 1. The van der Waals surface area contributed by atoms with Crippen molar-refractivity contribution in [3.63, 3.8) is 0 Å². The third-order valence-corrected chi connectivity index (χ3v) is 1.66. The molecule has 0 bridgehead atoms. The summed E-state index contributed by atoms with van der Waals surface area (Å²) in [4.78, 5) is 22.7. The van der Waals surface area contributed by atoms with Crippen molar-refractivity contribution >= 4 is 12.1 Å². The van der Waals surface area contributed by atoms with Gasteiger partial charge in [0.1, 0.15) is 0 Å². The van der Waals surface area contributed by atoms with Crippen molar-refractivity contribution in [2.24, 2.45) is 0 Å². The molecule has 1 fully saturated rings. The highest BCUT2D eigenvalue weighted by molar-refractivity contribution is 5.81. The lowest BCUT2D eigenvalue weighted by Gasteiger charge is -2.09. The second-order valence-electron chi connectivity index (χ2n) is 2.66. The Hall–Kier alpha value is -1.26. The molecule has 1 rings (SSSR count). The number of carboxylic acid groups (broad SMARTS) is 1. The van der Waals surface area contributed by atoms with E-state index in [2.05, 4.69) is 4.74 Å². The molecule has 0 aliphatic carbocycles. The van der Waals surface area contributed by atoms with Crippen LogP contribution in [-0.4, -0.2) is 41.3 Å². The Morgan fingerprint density at radius 1 is 1.83 bits per heavy atom. The van der Waals surface area contributed by atoms with Gasteiger partial charge in [-0.2, -0.15) is 0 Å². The van der Waals surface area contributed by atoms with Crippen LogP contribution in [0, 0.1) is 0 Å². The Balaban J connectivity index is 2.50. The van der Waals surface area contributed by atoms with Gasteiger partial charge in [0, 0.05) is 6.54 Å². The summed E-state index contributed by atoms with van der Waals surface area (Å²) in [5, 5.41) is 8.51. The van der Waals surface area contributed by atoms with E-state index in [-0.39, 0.29) is 6.54 Å². The maximum absolute atomic E-state index is 10.9. The minimum absolute atomic E-state index is 0.169. The molecule has 1 amide bonds. The van der Waals surface area contributed by atoms with Crippen molar-refractivity contribution in [3.05, 3.63) is 0 Å². The van der Waals surface area contributed by atoms with Gasteiger partial charge in [0.2, 0.25) is 6.10 Å². The summed E-state index contributed by atoms with van der Waals surface area (Å²) in [6.45, 7) is 2.64. The molecule has 12 heavy (non-hydrogen) atoms. The first-order valence-electron chi connectivity index (χ1n) is 3.83. The van der Waals surface area contributed by atoms with Crippen LogP contribution in [0.25, 0.3) is 0 Å². The van der Waals surface area contributed by atoms with Crippen molar-refractivity contribution in [3.8, 4) is 0 Å². The zero-order valence-corrected chi connectivity index (χ0v) is 6.82. The van der Waals surface area contributed by atoms with Crippen LogP contribution in [0.4, 0.5) is 4.79 Å². The largest absolute Gasteiger partial charge is 0.478 e. The highest BCUT2D eigenvalue weighted by Gasteiger charge is 2.35. The molecule has 0 aromatic carbocycles. The smallest absolute Gasteiger partial charge is 0.410 e. The number of nitrogens with zero attached hydrogens (tertiary/aromatic N) is 1. The summed E-state index contributed by atoms with van der Waals surface area (Å²) in [7, 11) is 0. The zero-order chi connectivity index (χ0) is 9.14. The van der Waals surface area contributed by atoms with Crippen LogP contribution in [-0.2, 0) is 9.53 Å². The molecule has 1 aliphatic heterocycles. The zero-order valence-electron chi connectivity index (χ0n) is 6.82. The van der Waals surface area contributed by atoms with Crippen molar-refractivity contribution in [1.82, 2.24) is 4.90 Å². The van der Waals surface area contributed by atoms with Gasteiger partial charge in [0.15, 0.2) is 0 Å². The lowest BCUT2D eigenvalue weighted by atomic mass is 10.3. The fourth-order valence-electron chi connectivity index (χ4n) is 1.09. The molecular formula is C7H11NO4. The van der Waals surface area contributed by atoms with Gasteiger partial charge in [-0.15, -0.1) is 0 Å². The second-order valence-corrected chi connectivity index (χ2v) is 2.66. The molecule has 1 N–H and O–H groups in total. The number of carboxylic acids is 1.